The average molecular weight is 350 g/mol. The van der Waals surface area contributed by atoms with Gasteiger partial charge in [0, 0.05) is 13.2 Å². The van der Waals surface area contributed by atoms with Crippen LogP contribution >= 0.6 is 23.1 Å². The third-order valence-electron chi connectivity index (χ3n) is 3.51. The van der Waals surface area contributed by atoms with Crippen molar-refractivity contribution in [3.05, 3.63) is 35.9 Å². The number of nitrogens with two attached hydrogens (primary N) is 1. The first kappa shape index (κ1) is 16.2. The number of ether oxygens (including phenoxy) is 1. The van der Waals surface area contributed by atoms with E-state index in [0.717, 1.165) is 25.0 Å². The number of nitrogen functional groups attached to an aromatic ring is 1. The molecule has 6 nitrogen and oxygen atoms in total. The Balaban J connectivity index is 1.70. The van der Waals surface area contributed by atoms with Crippen molar-refractivity contribution in [3.8, 4) is 0 Å². The van der Waals surface area contributed by atoms with Crippen molar-refractivity contribution in [2.24, 2.45) is 0 Å². The first-order valence-electron chi connectivity index (χ1n) is 7.42. The number of carbonyl (C=O) groups excluding carboxylic acids is 1. The van der Waals surface area contributed by atoms with Crippen LogP contribution in [-0.2, 0) is 9.53 Å². The highest BCUT2D eigenvalue weighted by Gasteiger charge is 2.25. The predicted octanol–water partition coefficient (Wildman–Crippen LogP) is 2.25. The molecule has 0 aliphatic carbocycles. The first-order chi connectivity index (χ1) is 11.2. The van der Waals surface area contributed by atoms with Crippen LogP contribution in [0.15, 0.2) is 34.7 Å². The van der Waals surface area contributed by atoms with E-state index < -0.39 is 0 Å². The fraction of sp³-hybridized carbons (Fsp3) is 0.400. The number of anilines is 1. The summed E-state index contributed by atoms with van der Waals surface area (Å²) in [6.45, 7) is 1.32. The van der Waals surface area contributed by atoms with E-state index in [1.54, 1.807) is 0 Å². The zero-order valence-electron chi connectivity index (χ0n) is 12.5. The summed E-state index contributed by atoms with van der Waals surface area (Å²) >= 11 is 2.65. The van der Waals surface area contributed by atoms with Gasteiger partial charge in [-0.2, -0.15) is 0 Å². The molecular weight excluding hydrogens is 332 g/mol. The molecule has 3 N–H and O–H groups in total. The van der Waals surface area contributed by atoms with E-state index in [1.807, 2.05) is 30.3 Å². The maximum atomic E-state index is 12.6. The number of amides is 1. The average Bonchev–Trinajstić information content (AvgIpc) is 3.23. The second-order valence-corrected chi connectivity index (χ2v) is 7.56. The van der Waals surface area contributed by atoms with Gasteiger partial charge < -0.3 is 15.8 Å². The molecule has 2 heterocycles. The van der Waals surface area contributed by atoms with E-state index in [4.69, 9.17) is 10.5 Å². The molecule has 0 saturated carbocycles. The molecule has 23 heavy (non-hydrogen) atoms. The quantitative estimate of drug-likeness (QED) is 0.777. The van der Waals surface area contributed by atoms with Crippen LogP contribution in [0.1, 0.15) is 23.7 Å². The number of benzene rings is 1. The molecule has 1 aromatic carbocycles. The Bertz CT molecular complexity index is 644. The van der Waals surface area contributed by atoms with Crippen LogP contribution in [-0.4, -0.2) is 35.4 Å². The fourth-order valence-electron chi connectivity index (χ4n) is 2.38. The molecule has 1 aromatic heterocycles. The van der Waals surface area contributed by atoms with Crippen molar-refractivity contribution < 1.29 is 9.53 Å². The molecule has 1 fully saturated rings. The molecule has 0 bridgehead atoms. The van der Waals surface area contributed by atoms with Crippen LogP contribution in [0.3, 0.4) is 0 Å². The minimum absolute atomic E-state index is 0.0505. The third kappa shape index (κ3) is 4.43. The number of hydrogen-bond acceptors (Lipinski definition) is 7. The van der Waals surface area contributed by atoms with E-state index in [-0.39, 0.29) is 17.3 Å². The SMILES string of the molecule is Nc1nnc(S[C@@H](C(=O)NC[C@@H]2CCCO2)c2ccccc2)s1. The predicted molar refractivity (Wildman–Crippen MR) is 91.3 cm³/mol. The molecule has 1 aliphatic heterocycles. The fourth-order valence-corrected chi connectivity index (χ4v) is 4.23. The normalized spacial score (nSPS) is 18.7. The van der Waals surface area contributed by atoms with Gasteiger partial charge in [-0.3, -0.25) is 4.79 Å². The molecule has 0 unspecified atom stereocenters. The molecule has 122 valence electrons. The summed E-state index contributed by atoms with van der Waals surface area (Å²) in [5.74, 6) is -0.0505. The summed E-state index contributed by atoms with van der Waals surface area (Å²) in [6.07, 6.45) is 2.18. The standard InChI is InChI=1S/C15H18N4O2S2/c16-14-18-19-15(23-14)22-12(10-5-2-1-3-6-10)13(20)17-9-11-7-4-8-21-11/h1-3,5-6,11-12H,4,7-9H2,(H2,16,18)(H,17,20)/t11-,12+/m0/s1. The summed E-state index contributed by atoms with van der Waals surface area (Å²) in [5.41, 5.74) is 6.55. The lowest BCUT2D eigenvalue weighted by Gasteiger charge is -2.17. The first-order valence-corrected chi connectivity index (χ1v) is 9.12. The smallest absolute Gasteiger partial charge is 0.238 e. The number of nitrogens with zero attached hydrogens (tertiary/aromatic N) is 2. The Morgan fingerprint density at radius 3 is 2.91 bits per heavy atom. The van der Waals surface area contributed by atoms with Crippen molar-refractivity contribution in [3.63, 3.8) is 0 Å². The topological polar surface area (TPSA) is 90.1 Å². The summed E-state index contributed by atoms with van der Waals surface area (Å²) < 4.78 is 6.24. The number of nitrogens with one attached hydrogen (secondary N) is 1. The highest BCUT2D eigenvalue weighted by molar-refractivity contribution is 8.01. The molecule has 1 saturated heterocycles. The minimum Gasteiger partial charge on any atom is -0.376 e. The number of thioether (sulfide) groups is 1. The Hall–Kier alpha value is -1.64. The van der Waals surface area contributed by atoms with Crippen LogP contribution in [0.2, 0.25) is 0 Å². The number of rotatable bonds is 6. The molecule has 0 spiro atoms. The van der Waals surface area contributed by atoms with Gasteiger partial charge >= 0.3 is 0 Å². The third-order valence-corrected chi connectivity index (χ3v) is 5.60. The van der Waals surface area contributed by atoms with Gasteiger partial charge in [-0.05, 0) is 18.4 Å². The molecule has 0 radical (unpaired) electrons. The molecule has 1 amide bonds. The summed E-state index contributed by atoms with van der Waals surface area (Å²) in [6, 6.07) is 9.65. The zero-order chi connectivity index (χ0) is 16.1. The largest absolute Gasteiger partial charge is 0.376 e. The minimum atomic E-state index is -0.384. The summed E-state index contributed by atoms with van der Waals surface area (Å²) in [5, 5.41) is 10.8. The lowest BCUT2D eigenvalue weighted by molar-refractivity contribution is -0.121. The van der Waals surface area contributed by atoms with Crippen molar-refractivity contribution in [1.29, 1.82) is 0 Å². The van der Waals surface area contributed by atoms with Crippen molar-refractivity contribution in [2.45, 2.75) is 28.5 Å². The van der Waals surface area contributed by atoms with Crippen LogP contribution in [0.25, 0.3) is 0 Å². The van der Waals surface area contributed by atoms with Gasteiger partial charge in [0.2, 0.25) is 11.0 Å². The lowest BCUT2D eigenvalue weighted by atomic mass is 10.1. The number of hydrogen-bond donors (Lipinski definition) is 2. The van der Waals surface area contributed by atoms with E-state index in [0.29, 0.717) is 16.0 Å². The highest BCUT2D eigenvalue weighted by Crippen LogP contribution is 2.37. The highest BCUT2D eigenvalue weighted by atomic mass is 32.2. The monoisotopic (exact) mass is 350 g/mol. The Labute approximate surface area is 142 Å². The van der Waals surface area contributed by atoms with Crippen LogP contribution in [0, 0.1) is 0 Å². The van der Waals surface area contributed by atoms with E-state index >= 15 is 0 Å². The van der Waals surface area contributed by atoms with Crippen molar-refractivity contribution in [2.75, 3.05) is 18.9 Å². The van der Waals surface area contributed by atoms with E-state index in [9.17, 15) is 4.79 Å². The van der Waals surface area contributed by atoms with Crippen molar-refractivity contribution >= 4 is 34.1 Å². The van der Waals surface area contributed by atoms with Gasteiger partial charge in [0.25, 0.3) is 0 Å². The van der Waals surface area contributed by atoms with Crippen molar-refractivity contribution in [1.82, 2.24) is 15.5 Å². The zero-order valence-corrected chi connectivity index (χ0v) is 14.1. The molecule has 2 aromatic rings. The van der Waals surface area contributed by atoms with Crippen LogP contribution in [0.4, 0.5) is 5.13 Å². The maximum Gasteiger partial charge on any atom is 0.238 e. The second kappa shape index (κ2) is 7.76. The van der Waals surface area contributed by atoms with Gasteiger partial charge in [-0.1, -0.05) is 53.4 Å². The summed E-state index contributed by atoms with van der Waals surface area (Å²) in [4.78, 5) is 12.6. The molecular formula is C15H18N4O2S2. The molecule has 2 atom stereocenters. The molecule has 1 aliphatic rings. The maximum absolute atomic E-state index is 12.6. The van der Waals surface area contributed by atoms with Crippen LogP contribution in [0.5, 0.6) is 0 Å². The number of aromatic nitrogens is 2. The van der Waals surface area contributed by atoms with Gasteiger partial charge in [-0.15, -0.1) is 10.2 Å². The van der Waals surface area contributed by atoms with Gasteiger partial charge in [-0.25, -0.2) is 0 Å². The summed E-state index contributed by atoms with van der Waals surface area (Å²) in [7, 11) is 0. The van der Waals surface area contributed by atoms with Crippen LogP contribution < -0.4 is 11.1 Å². The Morgan fingerprint density at radius 2 is 2.26 bits per heavy atom. The van der Waals surface area contributed by atoms with Gasteiger partial charge in [0.15, 0.2) is 4.34 Å². The van der Waals surface area contributed by atoms with Gasteiger partial charge in [0.1, 0.15) is 5.25 Å². The second-order valence-electron chi connectivity index (χ2n) is 5.19. The van der Waals surface area contributed by atoms with E-state index in [2.05, 4.69) is 15.5 Å². The Morgan fingerprint density at radius 1 is 1.43 bits per heavy atom. The number of carbonyl (C=O) groups is 1. The molecule has 3 rings (SSSR count). The molecule has 8 heteroatoms. The van der Waals surface area contributed by atoms with Gasteiger partial charge in [0.05, 0.1) is 6.10 Å². The van der Waals surface area contributed by atoms with E-state index in [1.165, 1.54) is 23.1 Å². The Kier molecular flexibility index (Phi) is 5.47. The lowest BCUT2D eigenvalue weighted by Crippen LogP contribution is -2.34.